The molecule has 0 aliphatic carbocycles. The van der Waals surface area contributed by atoms with Crippen molar-refractivity contribution in [2.75, 3.05) is 0 Å². The highest BCUT2D eigenvalue weighted by Crippen LogP contribution is 2.51. The summed E-state index contributed by atoms with van der Waals surface area (Å²) in [5.74, 6) is 8.71. The fourth-order valence-electron chi connectivity index (χ4n) is 17.1. The highest BCUT2D eigenvalue weighted by Gasteiger charge is 2.41. The van der Waals surface area contributed by atoms with E-state index in [0.29, 0.717) is 176 Å². The molecule has 0 aromatic heterocycles. The minimum Gasteiger partial charge on any atom is -0.489 e. The van der Waals surface area contributed by atoms with Gasteiger partial charge in [-0.3, -0.25) is 0 Å². The first-order valence-corrected chi connectivity index (χ1v) is 49.2. The Bertz CT molecular complexity index is 7210. The van der Waals surface area contributed by atoms with Crippen LogP contribution >= 0.6 is 0 Å². The second kappa shape index (κ2) is 50.0. The van der Waals surface area contributed by atoms with Crippen molar-refractivity contribution < 1.29 is 86.4 Å². The second-order valence-corrected chi connectivity index (χ2v) is 35.7. The van der Waals surface area contributed by atoms with Crippen LogP contribution in [0.1, 0.15) is 125 Å². The molecular weight excluding hydrogens is 1840 g/mol. The van der Waals surface area contributed by atoms with Crippen molar-refractivity contribution in [2.24, 2.45) is 0 Å². The maximum absolute atomic E-state index is 11.6. The molecule has 3 aliphatic rings. The van der Waals surface area contributed by atoms with Gasteiger partial charge in [0, 0.05) is 53.9 Å². The van der Waals surface area contributed by atoms with Crippen molar-refractivity contribution >= 4 is 6.08 Å². The SMILES string of the molecule is C1=CC(c2ccc(OCc3ccccc3)c(OCc3ccccc3)c2)Oc2cc(OCc3ccccc3)cc(OCc3ccccc3)c21.O[C@@H]1C(c2ccc(OCc3ccccc3)c(OCc3ccccc3)c2)Oc2cc(OCc3ccccc3)cc(OCc3ccccc3)c2[C@@H]1O.O[C@H]1Cc2c(OCc3ccccc3)cc(OCc3ccccc3)cc2OC1c1ccc(OCc2ccccc2)c(OCc2ccccc2)c1. The molecule has 21 rings (SSSR count). The van der Waals surface area contributed by atoms with E-state index in [1.807, 2.05) is 431 Å². The van der Waals surface area contributed by atoms with E-state index >= 15 is 0 Å². The molecule has 18 heteroatoms. The van der Waals surface area contributed by atoms with Crippen molar-refractivity contribution in [2.45, 2.75) is 122 Å². The van der Waals surface area contributed by atoms with E-state index in [0.717, 1.165) is 89.0 Å². The van der Waals surface area contributed by atoms with Crippen LogP contribution in [0.4, 0.5) is 0 Å². The summed E-state index contributed by atoms with van der Waals surface area (Å²) in [4.78, 5) is 0. The number of rotatable bonds is 39. The fourth-order valence-corrected chi connectivity index (χ4v) is 17.1. The van der Waals surface area contributed by atoms with Crippen LogP contribution in [0.3, 0.4) is 0 Å². The molecule has 0 saturated heterocycles. The normalized spacial score (nSPS) is 14.9. The van der Waals surface area contributed by atoms with E-state index < -0.39 is 30.5 Å². The number of ether oxygens (including phenoxy) is 15. The van der Waals surface area contributed by atoms with Gasteiger partial charge in [0.25, 0.3) is 0 Å². The molecule has 0 amide bonds. The smallest absolute Gasteiger partial charge is 0.162 e. The van der Waals surface area contributed by atoms with Gasteiger partial charge in [0.1, 0.15) is 155 Å². The monoisotopic (exact) mass is 1950 g/mol. The molecule has 6 atom stereocenters. The number of hydrogen-bond acceptors (Lipinski definition) is 18. The molecule has 3 unspecified atom stereocenters. The van der Waals surface area contributed by atoms with Crippen LogP contribution in [0.25, 0.3) is 6.08 Å². The van der Waals surface area contributed by atoms with E-state index in [1.54, 1.807) is 18.2 Å². The molecule has 147 heavy (non-hydrogen) atoms. The molecule has 3 heterocycles. The van der Waals surface area contributed by atoms with Gasteiger partial charge in [0.15, 0.2) is 40.6 Å². The van der Waals surface area contributed by atoms with E-state index in [9.17, 15) is 15.3 Å². The maximum atomic E-state index is 11.6. The third kappa shape index (κ3) is 27.3. The lowest BCUT2D eigenvalue weighted by Crippen LogP contribution is -2.34. The molecule has 0 saturated carbocycles. The highest BCUT2D eigenvalue weighted by atomic mass is 16.6. The molecule has 0 radical (unpaired) electrons. The van der Waals surface area contributed by atoms with E-state index in [4.69, 9.17) is 71.1 Å². The van der Waals surface area contributed by atoms with Crippen LogP contribution in [0.2, 0.25) is 0 Å². The Kier molecular flexibility index (Phi) is 33.5. The zero-order valence-electron chi connectivity index (χ0n) is 81.1. The first-order valence-electron chi connectivity index (χ1n) is 49.2. The zero-order chi connectivity index (χ0) is 99.8. The summed E-state index contributed by atoms with van der Waals surface area (Å²) in [5.41, 5.74) is 16.8. The average Bonchev–Trinajstić information content (AvgIpc) is 0.759. The third-order valence-corrected chi connectivity index (χ3v) is 25.0. The molecule has 3 aliphatic heterocycles. The van der Waals surface area contributed by atoms with Crippen LogP contribution in [-0.4, -0.2) is 27.5 Å². The first kappa shape index (κ1) is 98.4. The fraction of sp³-hybridized carbons (Fsp3) is 0.147. The molecule has 0 fully saturated rings. The van der Waals surface area contributed by atoms with E-state index in [1.165, 1.54) is 0 Å². The standard InChI is InChI=1S/C43H38O7.C43H38O6.C43H36O5/c44-41-40-38(49-29-33-19-11-4-12-20-33)24-35(46-26-30-13-5-1-6-14-30)25-39(40)50-43(42(41)45)34-21-22-36(47-27-31-15-7-2-8-16-31)37(23-34)48-28-32-17-9-3-10-18-32;44-38-26-37-40(47-29-33-17-9-3-10-18-33)24-36(45-27-31-13-5-1-6-14-31)25-41(37)49-43(38)35-21-22-39(46-28-32-15-7-2-8-16-32)42(23-35)48-30-34-19-11-4-12-20-34;1-5-13-32(14-6-1)28-44-37-26-41(46-30-34-17-9-3-10-18-34)38-22-24-39(48-42(38)27-37)36-21-23-40(45-29-33-15-7-2-8-16-33)43(25-36)47-31-35-19-11-4-12-20-35/h1-25,41-45H,26-29H2;1-25,38,43-44H,26-30H2;1-27,39H,28-31H2/t41-,42-,43?;38-,43?;/m00./s1. The topological polar surface area (TPSA) is 199 Å². The maximum Gasteiger partial charge on any atom is 0.162 e. The molecule has 3 N–H and O–H groups in total. The molecular formula is C129H112O18. The predicted molar refractivity (Wildman–Crippen MR) is 568 cm³/mol. The highest BCUT2D eigenvalue weighted by molar-refractivity contribution is 5.69. The number of aliphatic hydroxyl groups is 3. The van der Waals surface area contributed by atoms with Crippen LogP contribution in [0, 0.1) is 0 Å². The number of benzene rings is 18. The number of hydrogen-bond donors (Lipinski definition) is 3. The van der Waals surface area contributed by atoms with Gasteiger partial charge in [-0.15, -0.1) is 0 Å². The Labute approximate surface area is 856 Å². The Morgan fingerprint density at radius 1 is 0.211 bits per heavy atom. The second-order valence-electron chi connectivity index (χ2n) is 35.7. The molecule has 736 valence electrons. The van der Waals surface area contributed by atoms with Crippen molar-refractivity contribution in [3.05, 3.63) is 561 Å². The molecule has 18 aromatic rings. The zero-order valence-corrected chi connectivity index (χ0v) is 81.1. The lowest BCUT2D eigenvalue weighted by molar-refractivity contribution is -0.0714. The summed E-state index contributed by atoms with van der Waals surface area (Å²) in [6.07, 6.45) is -0.927. The molecule has 0 bridgehead atoms. The summed E-state index contributed by atoms with van der Waals surface area (Å²) in [7, 11) is 0. The van der Waals surface area contributed by atoms with E-state index in [2.05, 4.69) is 18.2 Å². The Morgan fingerprint density at radius 2 is 0.463 bits per heavy atom. The van der Waals surface area contributed by atoms with Crippen LogP contribution in [0.15, 0.2) is 461 Å². The first-order chi connectivity index (χ1) is 72.5. The Hall–Kier alpha value is -17.4. The average molecular weight is 1950 g/mol. The van der Waals surface area contributed by atoms with Crippen LogP contribution in [0.5, 0.6) is 86.2 Å². The van der Waals surface area contributed by atoms with Crippen molar-refractivity contribution in [3.8, 4) is 86.2 Å². The summed E-state index contributed by atoms with van der Waals surface area (Å²) in [6.45, 7) is 4.52. The molecule has 0 spiro atoms. The summed E-state index contributed by atoms with van der Waals surface area (Å²) >= 11 is 0. The Balaban J connectivity index is 0.000000139. The quantitative estimate of drug-likeness (QED) is 0.0328. The number of aliphatic hydroxyl groups excluding tert-OH is 3. The van der Waals surface area contributed by atoms with E-state index in [-0.39, 0.29) is 12.7 Å². The summed E-state index contributed by atoms with van der Waals surface area (Å²) < 4.78 is 95.0. The minimum atomic E-state index is -1.31. The van der Waals surface area contributed by atoms with Gasteiger partial charge in [0.05, 0.1) is 17.2 Å². The third-order valence-electron chi connectivity index (χ3n) is 25.0. The van der Waals surface area contributed by atoms with Gasteiger partial charge in [-0.1, -0.05) is 382 Å². The summed E-state index contributed by atoms with van der Waals surface area (Å²) in [5, 5.41) is 34.7. The van der Waals surface area contributed by atoms with Gasteiger partial charge in [-0.25, -0.2) is 0 Å². The largest absolute Gasteiger partial charge is 0.489 e. The number of fused-ring (bicyclic) bond motifs is 3. The molecule has 18 aromatic carbocycles. The van der Waals surface area contributed by atoms with Crippen molar-refractivity contribution in [1.82, 2.24) is 0 Å². The lowest BCUT2D eigenvalue weighted by Gasteiger charge is -2.36. The van der Waals surface area contributed by atoms with Gasteiger partial charge >= 0.3 is 0 Å². The van der Waals surface area contributed by atoms with Crippen molar-refractivity contribution in [1.29, 1.82) is 0 Å². The van der Waals surface area contributed by atoms with Crippen LogP contribution < -0.4 is 71.1 Å². The lowest BCUT2D eigenvalue weighted by atomic mass is 9.91. The minimum absolute atomic E-state index is 0.258. The van der Waals surface area contributed by atoms with Gasteiger partial charge in [-0.05, 0) is 126 Å². The van der Waals surface area contributed by atoms with Gasteiger partial charge in [-0.2, -0.15) is 0 Å². The Morgan fingerprint density at radius 3 is 0.803 bits per heavy atom. The van der Waals surface area contributed by atoms with Crippen molar-refractivity contribution in [3.63, 3.8) is 0 Å². The van der Waals surface area contributed by atoms with Gasteiger partial charge < -0.3 is 86.4 Å². The molecule has 18 nitrogen and oxygen atoms in total. The van der Waals surface area contributed by atoms with Gasteiger partial charge in [0.2, 0.25) is 0 Å². The van der Waals surface area contributed by atoms with Crippen LogP contribution in [-0.2, 0) is 85.7 Å². The summed E-state index contributed by atoms with van der Waals surface area (Å²) in [6, 6.07) is 148. The predicted octanol–water partition coefficient (Wildman–Crippen LogP) is 27.7.